The average molecular weight is 322 g/mol. The lowest BCUT2D eigenvalue weighted by molar-refractivity contribution is 0.623. The zero-order valence-electron chi connectivity index (χ0n) is 12.9. The van der Waals surface area contributed by atoms with Gasteiger partial charge in [-0.05, 0) is 30.7 Å². The average Bonchev–Trinajstić information content (AvgIpc) is 3.23. The Morgan fingerprint density at radius 2 is 2.17 bits per heavy atom. The summed E-state index contributed by atoms with van der Waals surface area (Å²) in [4.78, 5) is 4.63. The smallest absolute Gasteiger partial charge is 0.165 e. The minimum atomic E-state index is -0.248. The van der Waals surface area contributed by atoms with E-state index < -0.39 is 0 Å². The van der Waals surface area contributed by atoms with Crippen LogP contribution in [0.4, 0.5) is 10.2 Å². The molecule has 1 atom stereocenters. The molecule has 0 unspecified atom stereocenters. The molecule has 3 aromatic heterocycles. The Morgan fingerprint density at radius 3 is 2.96 bits per heavy atom. The zero-order chi connectivity index (χ0) is 16.5. The van der Waals surface area contributed by atoms with Crippen LogP contribution in [0.15, 0.2) is 55.1 Å². The normalized spacial score (nSPS) is 12.4. The van der Waals surface area contributed by atoms with Crippen LogP contribution < -0.4 is 5.32 Å². The first-order valence-electron chi connectivity index (χ1n) is 7.56. The van der Waals surface area contributed by atoms with Crippen molar-refractivity contribution in [3.8, 4) is 11.1 Å². The molecule has 1 aromatic carbocycles. The fraction of sp³-hybridized carbons (Fsp3) is 0.118. The van der Waals surface area contributed by atoms with Gasteiger partial charge in [0, 0.05) is 23.5 Å². The van der Waals surface area contributed by atoms with Crippen LogP contribution in [-0.2, 0) is 0 Å². The van der Waals surface area contributed by atoms with E-state index in [9.17, 15) is 4.39 Å². The lowest BCUT2D eigenvalue weighted by atomic mass is 10.1. The van der Waals surface area contributed by atoms with Gasteiger partial charge in [-0.1, -0.05) is 12.1 Å². The Labute approximate surface area is 137 Å². The Kier molecular flexibility index (Phi) is 3.45. The molecule has 2 N–H and O–H groups in total. The number of aromatic amines is 1. The van der Waals surface area contributed by atoms with Crippen LogP contribution in [0.5, 0.6) is 0 Å². The summed E-state index contributed by atoms with van der Waals surface area (Å²) in [5, 5.41) is 14.4. The van der Waals surface area contributed by atoms with E-state index in [0.29, 0.717) is 5.82 Å². The molecular weight excluding hydrogens is 307 g/mol. The van der Waals surface area contributed by atoms with Crippen LogP contribution in [0.3, 0.4) is 0 Å². The predicted octanol–water partition coefficient (Wildman–Crippen LogP) is 3.43. The molecule has 0 amide bonds. The number of anilines is 1. The highest BCUT2D eigenvalue weighted by Gasteiger charge is 2.12. The van der Waals surface area contributed by atoms with Crippen molar-refractivity contribution < 1.29 is 4.39 Å². The number of hydrogen-bond donors (Lipinski definition) is 2. The highest BCUT2D eigenvalue weighted by molar-refractivity contribution is 5.76. The van der Waals surface area contributed by atoms with E-state index in [1.54, 1.807) is 29.2 Å². The molecule has 4 aromatic rings. The van der Waals surface area contributed by atoms with Gasteiger partial charge in [-0.3, -0.25) is 5.10 Å². The maximum absolute atomic E-state index is 13.4. The van der Waals surface area contributed by atoms with Crippen molar-refractivity contribution in [1.82, 2.24) is 24.8 Å². The maximum Gasteiger partial charge on any atom is 0.165 e. The molecule has 120 valence electrons. The molecule has 0 saturated heterocycles. The van der Waals surface area contributed by atoms with Crippen molar-refractivity contribution >= 4 is 11.5 Å². The van der Waals surface area contributed by atoms with Crippen LogP contribution in [0.2, 0.25) is 0 Å². The van der Waals surface area contributed by atoms with Crippen LogP contribution in [0.1, 0.15) is 18.5 Å². The second kappa shape index (κ2) is 5.77. The lowest BCUT2D eigenvalue weighted by Gasteiger charge is -2.15. The standard InChI is InChI=1S/C17H15FN6/c1-11(12-3-2-4-14(18)7-12)22-16-5-6-24-17(23-16)15(10-21-24)13-8-19-20-9-13/h2-11H,1H3,(H,19,20)(H,22,23)/t11-/m1/s1. The second-order valence-electron chi connectivity index (χ2n) is 5.55. The topological polar surface area (TPSA) is 70.9 Å². The number of halogens is 1. The summed E-state index contributed by atoms with van der Waals surface area (Å²) in [7, 11) is 0. The predicted molar refractivity (Wildman–Crippen MR) is 89.0 cm³/mol. The van der Waals surface area contributed by atoms with Gasteiger partial charge in [-0.25, -0.2) is 13.9 Å². The third-order valence-corrected chi connectivity index (χ3v) is 3.89. The second-order valence-corrected chi connectivity index (χ2v) is 5.55. The minimum absolute atomic E-state index is 0.0732. The van der Waals surface area contributed by atoms with E-state index >= 15 is 0 Å². The molecule has 6 nitrogen and oxygen atoms in total. The molecule has 0 spiro atoms. The van der Waals surface area contributed by atoms with E-state index in [-0.39, 0.29) is 11.9 Å². The van der Waals surface area contributed by atoms with Crippen molar-refractivity contribution in [2.24, 2.45) is 0 Å². The van der Waals surface area contributed by atoms with E-state index in [0.717, 1.165) is 22.3 Å². The van der Waals surface area contributed by atoms with E-state index in [4.69, 9.17) is 0 Å². The van der Waals surface area contributed by atoms with Gasteiger partial charge < -0.3 is 5.32 Å². The van der Waals surface area contributed by atoms with Crippen molar-refractivity contribution in [2.45, 2.75) is 13.0 Å². The van der Waals surface area contributed by atoms with Crippen molar-refractivity contribution in [3.63, 3.8) is 0 Å². The molecule has 0 aliphatic heterocycles. The quantitative estimate of drug-likeness (QED) is 0.604. The Bertz CT molecular complexity index is 976. The number of nitrogens with one attached hydrogen (secondary N) is 2. The van der Waals surface area contributed by atoms with Crippen molar-refractivity contribution in [1.29, 1.82) is 0 Å². The molecule has 3 heterocycles. The first-order chi connectivity index (χ1) is 11.7. The third-order valence-electron chi connectivity index (χ3n) is 3.89. The maximum atomic E-state index is 13.4. The molecular formula is C17H15FN6. The van der Waals surface area contributed by atoms with Gasteiger partial charge in [0.1, 0.15) is 11.6 Å². The number of nitrogens with zero attached hydrogens (tertiary/aromatic N) is 4. The first kappa shape index (κ1) is 14.4. The monoisotopic (exact) mass is 322 g/mol. The Morgan fingerprint density at radius 1 is 1.25 bits per heavy atom. The summed E-state index contributed by atoms with van der Waals surface area (Å²) < 4.78 is 15.1. The highest BCUT2D eigenvalue weighted by Crippen LogP contribution is 2.24. The number of hydrogen-bond acceptors (Lipinski definition) is 4. The molecule has 0 aliphatic rings. The van der Waals surface area contributed by atoms with Gasteiger partial charge >= 0.3 is 0 Å². The summed E-state index contributed by atoms with van der Waals surface area (Å²) in [6.45, 7) is 1.97. The summed E-state index contributed by atoms with van der Waals surface area (Å²) >= 11 is 0. The largest absolute Gasteiger partial charge is 0.363 e. The van der Waals surface area contributed by atoms with Gasteiger partial charge in [0.05, 0.1) is 18.4 Å². The van der Waals surface area contributed by atoms with E-state index in [1.807, 2.05) is 25.3 Å². The van der Waals surface area contributed by atoms with Crippen molar-refractivity contribution in [3.05, 3.63) is 66.5 Å². The van der Waals surface area contributed by atoms with Gasteiger partial charge in [0.25, 0.3) is 0 Å². The number of aromatic nitrogens is 5. The van der Waals surface area contributed by atoms with Crippen LogP contribution in [0.25, 0.3) is 16.8 Å². The Balaban J connectivity index is 1.66. The molecule has 0 aliphatic carbocycles. The highest BCUT2D eigenvalue weighted by atomic mass is 19.1. The van der Waals surface area contributed by atoms with Crippen LogP contribution in [0, 0.1) is 5.82 Å². The third kappa shape index (κ3) is 2.60. The summed E-state index contributed by atoms with van der Waals surface area (Å²) in [6, 6.07) is 8.31. The number of benzene rings is 1. The molecule has 0 radical (unpaired) electrons. The van der Waals surface area contributed by atoms with Gasteiger partial charge in [-0.15, -0.1) is 0 Å². The number of H-pyrrole nitrogens is 1. The van der Waals surface area contributed by atoms with Gasteiger partial charge in [0.2, 0.25) is 0 Å². The zero-order valence-corrected chi connectivity index (χ0v) is 12.9. The minimum Gasteiger partial charge on any atom is -0.363 e. The molecule has 0 fully saturated rings. The lowest BCUT2D eigenvalue weighted by Crippen LogP contribution is -2.08. The first-order valence-corrected chi connectivity index (χ1v) is 7.56. The van der Waals surface area contributed by atoms with Crippen molar-refractivity contribution in [2.75, 3.05) is 5.32 Å². The molecule has 0 saturated carbocycles. The fourth-order valence-corrected chi connectivity index (χ4v) is 2.63. The summed E-state index contributed by atoms with van der Waals surface area (Å²) in [5.41, 5.74) is 3.41. The van der Waals surface area contributed by atoms with E-state index in [2.05, 4.69) is 25.6 Å². The van der Waals surface area contributed by atoms with Crippen LogP contribution >= 0.6 is 0 Å². The fourth-order valence-electron chi connectivity index (χ4n) is 2.63. The molecule has 7 heteroatoms. The molecule has 24 heavy (non-hydrogen) atoms. The van der Waals surface area contributed by atoms with Gasteiger partial charge in [0.15, 0.2) is 5.65 Å². The van der Waals surface area contributed by atoms with Gasteiger partial charge in [-0.2, -0.15) is 10.2 Å². The van der Waals surface area contributed by atoms with E-state index in [1.165, 1.54) is 12.1 Å². The summed E-state index contributed by atoms with van der Waals surface area (Å²) in [5.74, 6) is 0.451. The number of fused-ring (bicyclic) bond motifs is 1. The SMILES string of the molecule is C[C@@H](Nc1ccn2ncc(-c3cn[nH]c3)c2n1)c1cccc(F)c1. The molecule has 4 rings (SSSR count). The Hall–Kier alpha value is -3.22. The van der Waals surface area contributed by atoms with Crippen LogP contribution in [-0.4, -0.2) is 24.8 Å². The summed E-state index contributed by atoms with van der Waals surface area (Å²) in [6.07, 6.45) is 7.13. The molecule has 0 bridgehead atoms. The number of rotatable bonds is 4.